The number of nitrogens with one attached hydrogen (secondary N) is 2. The van der Waals surface area contributed by atoms with Gasteiger partial charge in [-0.3, -0.25) is 19.3 Å². The normalized spacial score (nSPS) is 11.9. The first-order valence-corrected chi connectivity index (χ1v) is 12.4. The maximum Gasteiger partial charge on any atom is 0.265 e. The predicted molar refractivity (Wildman–Crippen MR) is 145 cm³/mol. The highest BCUT2D eigenvalue weighted by molar-refractivity contribution is 5.97. The number of benzene rings is 2. The van der Waals surface area contributed by atoms with Gasteiger partial charge in [0.25, 0.3) is 5.56 Å². The summed E-state index contributed by atoms with van der Waals surface area (Å²) in [5.41, 5.74) is 1.24. The molecule has 0 saturated carbocycles. The summed E-state index contributed by atoms with van der Waals surface area (Å²) >= 11 is 0. The lowest BCUT2D eigenvalue weighted by Gasteiger charge is -2.13. The Morgan fingerprint density at radius 1 is 1.12 bits per heavy atom. The van der Waals surface area contributed by atoms with Gasteiger partial charge in [0.1, 0.15) is 17.0 Å². The van der Waals surface area contributed by atoms with Crippen molar-refractivity contribution >= 4 is 22.6 Å². The van der Waals surface area contributed by atoms with E-state index < -0.39 is 23.0 Å². The van der Waals surface area contributed by atoms with E-state index in [0.29, 0.717) is 33.7 Å². The van der Waals surface area contributed by atoms with E-state index in [1.807, 2.05) is 0 Å². The van der Waals surface area contributed by atoms with Crippen LogP contribution in [0.15, 0.2) is 71.8 Å². The van der Waals surface area contributed by atoms with Crippen molar-refractivity contribution in [1.29, 1.82) is 0 Å². The van der Waals surface area contributed by atoms with E-state index in [4.69, 9.17) is 4.74 Å². The first-order chi connectivity index (χ1) is 19.2. The van der Waals surface area contributed by atoms with Gasteiger partial charge in [-0.15, -0.1) is 0 Å². The first-order valence-electron chi connectivity index (χ1n) is 12.4. The minimum atomic E-state index is -0.704. The standard InChI is InChI=1S/C29H25F2N5O4/c1-16-11-21(29(39)36(14-16)20-6-4-19(30)5-7-20)23(38)13-18-3-8-24(22(31)12-18)40-25-9-10-32-27-26(25)28(35-34-27)33-17(2)15-37/h3-12,14,17,37H,13,15H2,1-2H3,(H2,32,33,34,35)/t17-/m1/s1. The SMILES string of the molecule is Cc1cc(C(=O)Cc2ccc(Oc3ccnc4[nH]nc(N[C@H](C)CO)c34)c(F)c2)c(=O)n(-c2ccc(F)cc2)c1. The van der Waals surface area contributed by atoms with Crippen molar-refractivity contribution in [2.24, 2.45) is 0 Å². The Kier molecular flexibility index (Phi) is 7.39. The van der Waals surface area contributed by atoms with E-state index in [9.17, 15) is 19.1 Å². The van der Waals surface area contributed by atoms with Gasteiger partial charge < -0.3 is 15.2 Å². The van der Waals surface area contributed by atoms with Crippen LogP contribution in [0.25, 0.3) is 16.7 Å². The van der Waals surface area contributed by atoms with Crippen molar-refractivity contribution in [3.63, 3.8) is 0 Å². The number of aromatic amines is 1. The van der Waals surface area contributed by atoms with Gasteiger partial charge in [0, 0.05) is 36.6 Å². The van der Waals surface area contributed by atoms with Crippen LogP contribution in [-0.2, 0) is 6.42 Å². The van der Waals surface area contributed by atoms with Gasteiger partial charge in [0.15, 0.2) is 28.8 Å². The topological polar surface area (TPSA) is 122 Å². The molecule has 0 unspecified atom stereocenters. The zero-order valence-corrected chi connectivity index (χ0v) is 21.6. The lowest BCUT2D eigenvalue weighted by Crippen LogP contribution is -2.26. The Morgan fingerprint density at radius 2 is 1.90 bits per heavy atom. The molecule has 0 bridgehead atoms. The minimum Gasteiger partial charge on any atom is -0.453 e. The number of H-pyrrole nitrogens is 1. The summed E-state index contributed by atoms with van der Waals surface area (Å²) in [6.07, 6.45) is 2.84. The Morgan fingerprint density at radius 3 is 2.62 bits per heavy atom. The summed E-state index contributed by atoms with van der Waals surface area (Å²) in [5.74, 6) is -1.03. The molecular formula is C29H25F2N5O4. The number of hydrogen-bond donors (Lipinski definition) is 3. The van der Waals surface area contributed by atoms with Crippen LogP contribution in [0.2, 0.25) is 0 Å². The molecule has 3 aromatic heterocycles. The van der Waals surface area contributed by atoms with E-state index in [1.165, 1.54) is 53.2 Å². The predicted octanol–water partition coefficient (Wildman–Crippen LogP) is 4.71. The summed E-state index contributed by atoms with van der Waals surface area (Å²) < 4.78 is 35.6. The quantitative estimate of drug-likeness (QED) is 0.229. The zero-order chi connectivity index (χ0) is 28.4. The number of aliphatic hydroxyl groups is 1. The number of hydrogen-bond acceptors (Lipinski definition) is 7. The molecular weight excluding hydrogens is 520 g/mol. The molecule has 0 amide bonds. The number of ketones is 1. The molecule has 1 atom stereocenters. The van der Waals surface area contributed by atoms with Crippen molar-refractivity contribution in [2.45, 2.75) is 26.3 Å². The summed E-state index contributed by atoms with van der Waals surface area (Å²) in [6.45, 7) is 3.39. The van der Waals surface area contributed by atoms with Crippen LogP contribution in [0, 0.1) is 18.6 Å². The summed E-state index contributed by atoms with van der Waals surface area (Å²) in [7, 11) is 0. The van der Waals surface area contributed by atoms with Crippen molar-refractivity contribution in [3.8, 4) is 17.2 Å². The molecule has 5 aromatic rings. The Labute approximate surface area is 227 Å². The molecule has 11 heteroatoms. The Bertz CT molecular complexity index is 1770. The molecule has 0 saturated heterocycles. The van der Waals surface area contributed by atoms with Crippen LogP contribution >= 0.6 is 0 Å². The van der Waals surface area contributed by atoms with Gasteiger partial charge >= 0.3 is 0 Å². The second-order valence-electron chi connectivity index (χ2n) is 9.38. The van der Waals surface area contributed by atoms with Crippen molar-refractivity contribution in [3.05, 3.63) is 106 Å². The largest absolute Gasteiger partial charge is 0.453 e. The second-order valence-corrected chi connectivity index (χ2v) is 9.38. The number of nitrogens with zero attached hydrogens (tertiary/aromatic N) is 3. The molecule has 2 aromatic carbocycles. The van der Waals surface area contributed by atoms with Crippen molar-refractivity contribution in [1.82, 2.24) is 19.7 Å². The number of carbonyl (C=O) groups excluding carboxylic acids is 1. The fourth-order valence-corrected chi connectivity index (χ4v) is 4.24. The molecule has 9 nitrogen and oxygen atoms in total. The highest BCUT2D eigenvalue weighted by atomic mass is 19.1. The van der Waals surface area contributed by atoms with Crippen molar-refractivity contribution < 1.29 is 23.4 Å². The zero-order valence-electron chi connectivity index (χ0n) is 21.6. The van der Waals surface area contributed by atoms with Crippen LogP contribution < -0.4 is 15.6 Å². The molecule has 3 heterocycles. The number of ether oxygens (including phenoxy) is 1. The summed E-state index contributed by atoms with van der Waals surface area (Å²) in [5, 5.41) is 19.8. The summed E-state index contributed by atoms with van der Waals surface area (Å²) in [4.78, 5) is 30.4. The average molecular weight is 546 g/mol. The average Bonchev–Trinajstić information content (AvgIpc) is 3.35. The molecule has 0 aliphatic rings. The number of anilines is 1. The molecule has 0 fully saturated rings. The van der Waals surface area contributed by atoms with Crippen LogP contribution in [0.5, 0.6) is 11.5 Å². The molecule has 5 rings (SSSR count). The molecule has 204 valence electrons. The van der Waals surface area contributed by atoms with Crippen molar-refractivity contribution in [2.75, 3.05) is 11.9 Å². The number of fused-ring (bicyclic) bond motifs is 1. The molecule has 0 aliphatic carbocycles. The van der Waals surface area contributed by atoms with Gasteiger partial charge in [-0.1, -0.05) is 6.07 Å². The van der Waals surface area contributed by atoms with E-state index in [0.717, 1.165) is 0 Å². The number of carbonyl (C=O) groups is 1. The summed E-state index contributed by atoms with van der Waals surface area (Å²) in [6, 6.07) is 12.3. The maximum atomic E-state index is 15.1. The number of Topliss-reactive ketones (excluding diaryl/α,β-unsaturated/α-hetero) is 1. The first kappa shape index (κ1) is 26.7. The van der Waals surface area contributed by atoms with Gasteiger partial charge in [0.2, 0.25) is 0 Å². The third-order valence-corrected chi connectivity index (χ3v) is 6.22. The third-order valence-electron chi connectivity index (χ3n) is 6.22. The van der Waals surface area contributed by atoms with Crippen LogP contribution in [0.3, 0.4) is 0 Å². The third kappa shape index (κ3) is 5.45. The Hall–Kier alpha value is -4.90. The van der Waals surface area contributed by atoms with Crippen LogP contribution in [0.1, 0.15) is 28.4 Å². The van der Waals surface area contributed by atoms with E-state index in [-0.39, 0.29) is 36.1 Å². The highest BCUT2D eigenvalue weighted by Crippen LogP contribution is 2.34. The van der Waals surface area contributed by atoms with Gasteiger partial charge in [-0.2, -0.15) is 5.10 Å². The number of aromatic nitrogens is 4. The van der Waals surface area contributed by atoms with E-state index in [2.05, 4.69) is 20.5 Å². The fourth-order valence-electron chi connectivity index (χ4n) is 4.24. The highest BCUT2D eigenvalue weighted by Gasteiger charge is 2.19. The number of aryl methyl sites for hydroxylation is 1. The molecule has 40 heavy (non-hydrogen) atoms. The number of rotatable bonds is 9. The Balaban J connectivity index is 1.38. The number of pyridine rings is 2. The fraction of sp³-hybridized carbons (Fsp3) is 0.172. The lowest BCUT2D eigenvalue weighted by atomic mass is 10.0. The van der Waals surface area contributed by atoms with Gasteiger partial charge in [-0.25, -0.2) is 13.8 Å². The smallest absolute Gasteiger partial charge is 0.265 e. The van der Waals surface area contributed by atoms with Crippen LogP contribution in [0.4, 0.5) is 14.6 Å². The molecule has 0 spiro atoms. The lowest BCUT2D eigenvalue weighted by molar-refractivity contribution is 0.0991. The minimum absolute atomic E-state index is 0.0543. The molecule has 0 radical (unpaired) electrons. The van der Waals surface area contributed by atoms with Gasteiger partial charge in [0.05, 0.1) is 12.2 Å². The van der Waals surface area contributed by atoms with Crippen LogP contribution in [-0.4, -0.2) is 43.3 Å². The van der Waals surface area contributed by atoms with Gasteiger partial charge in [-0.05, 0) is 67.4 Å². The maximum absolute atomic E-state index is 15.1. The molecule has 0 aliphatic heterocycles. The molecule has 3 N–H and O–H groups in total. The van der Waals surface area contributed by atoms with E-state index >= 15 is 4.39 Å². The number of halogens is 2. The van der Waals surface area contributed by atoms with E-state index in [1.54, 1.807) is 32.2 Å². The second kappa shape index (κ2) is 11.1. The number of aliphatic hydroxyl groups excluding tert-OH is 1. The monoisotopic (exact) mass is 545 g/mol.